The number of hydrogen-bond donors (Lipinski definition) is 1. The van der Waals surface area contributed by atoms with Crippen LogP contribution >= 0.6 is 11.3 Å². The van der Waals surface area contributed by atoms with Crippen molar-refractivity contribution < 1.29 is 4.79 Å². The van der Waals surface area contributed by atoms with Gasteiger partial charge in [-0.2, -0.15) is 0 Å². The number of rotatable bonds is 7. The molecule has 1 amide bonds. The van der Waals surface area contributed by atoms with E-state index in [1.54, 1.807) is 6.20 Å². The van der Waals surface area contributed by atoms with Crippen LogP contribution in [-0.2, 0) is 5.54 Å². The van der Waals surface area contributed by atoms with E-state index in [9.17, 15) is 4.79 Å². The second-order valence-corrected chi connectivity index (χ2v) is 10.8. The number of carbonyl (C=O) groups excluding carboxylic acids is 1. The molecule has 3 aromatic rings. The van der Waals surface area contributed by atoms with Gasteiger partial charge in [0.1, 0.15) is 0 Å². The molecule has 3 aliphatic heterocycles. The zero-order valence-corrected chi connectivity index (χ0v) is 21.2. The summed E-state index contributed by atoms with van der Waals surface area (Å²) < 4.78 is 0. The number of nitrogens with one attached hydrogen (secondary N) is 1. The van der Waals surface area contributed by atoms with Gasteiger partial charge in [0.05, 0.1) is 26.5 Å². The highest BCUT2D eigenvalue weighted by molar-refractivity contribution is 7.17. The van der Waals surface area contributed by atoms with Crippen molar-refractivity contribution in [3.05, 3.63) is 71.5 Å². The van der Waals surface area contributed by atoms with Gasteiger partial charge in [0, 0.05) is 18.6 Å². The van der Waals surface area contributed by atoms with Gasteiger partial charge in [-0.3, -0.25) is 19.7 Å². The molecule has 3 aromatic heterocycles. The molecule has 5 nitrogen and oxygen atoms in total. The molecule has 0 radical (unpaired) electrons. The molecular weight excluding hydrogens is 440 g/mol. The SMILES string of the molecule is CCC12CCN(CC1)[C@@](CC)(c1cccnc1)[C@]2(CC)NC(=O)c1ccc(-c2ccccn2)s1. The minimum absolute atomic E-state index is 0.0253. The maximum atomic E-state index is 13.9. The number of pyridine rings is 2. The van der Waals surface area contributed by atoms with Gasteiger partial charge in [-0.15, -0.1) is 11.3 Å². The van der Waals surface area contributed by atoms with Crippen molar-refractivity contribution in [1.29, 1.82) is 0 Å². The van der Waals surface area contributed by atoms with E-state index in [1.807, 2.05) is 48.8 Å². The third-order valence-corrected chi connectivity index (χ3v) is 9.91. The van der Waals surface area contributed by atoms with Gasteiger partial charge in [0.25, 0.3) is 5.91 Å². The van der Waals surface area contributed by atoms with Crippen molar-refractivity contribution in [2.75, 3.05) is 13.1 Å². The van der Waals surface area contributed by atoms with Crippen molar-refractivity contribution in [3.63, 3.8) is 0 Å². The van der Waals surface area contributed by atoms with E-state index < -0.39 is 0 Å². The molecule has 3 saturated heterocycles. The van der Waals surface area contributed by atoms with Crippen LogP contribution in [-0.4, -0.2) is 39.4 Å². The van der Waals surface area contributed by atoms with E-state index in [0.29, 0.717) is 0 Å². The number of nitrogens with zero attached hydrogens (tertiary/aromatic N) is 3. The van der Waals surface area contributed by atoms with Crippen molar-refractivity contribution in [2.45, 2.75) is 64.0 Å². The van der Waals surface area contributed by atoms with Crippen LogP contribution in [0.4, 0.5) is 0 Å². The van der Waals surface area contributed by atoms with E-state index in [-0.39, 0.29) is 22.4 Å². The molecule has 2 atom stereocenters. The quantitative estimate of drug-likeness (QED) is 0.463. The average Bonchev–Trinajstić information content (AvgIpc) is 3.41. The predicted octanol–water partition coefficient (Wildman–Crippen LogP) is 5.90. The van der Waals surface area contributed by atoms with Crippen LogP contribution in [0.3, 0.4) is 0 Å². The lowest BCUT2D eigenvalue weighted by molar-refractivity contribution is -0.179. The monoisotopic (exact) mass is 474 g/mol. The lowest BCUT2D eigenvalue weighted by atomic mass is 9.47. The van der Waals surface area contributed by atoms with Gasteiger partial charge in [-0.25, -0.2) is 0 Å². The third kappa shape index (κ3) is 3.18. The molecule has 0 aliphatic carbocycles. The first kappa shape index (κ1) is 23.2. The van der Waals surface area contributed by atoms with Gasteiger partial charge in [0.15, 0.2) is 0 Å². The highest BCUT2D eigenvalue weighted by Crippen LogP contribution is 2.63. The summed E-state index contributed by atoms with van der Waals surface area (Å²) in [6.07, 6.45) is 10.8. The maximum Gasteiger partial charge on any atom is 0.261 e. The van der Waals surface area contributed by atoms with E-state index >= 15 is 0 Å². The number of carbonyl (C=O) groups is 1. The molecule has 1 N–H and O–H groups in total. The van der Waals surface area contributed by atoms with Gasteiger partial charge in [-0.1, -0.05) is 32.9 Å². The molecule has 0 saturated carbocycles. The Morgan fingerprint density at radius 2 is 1.82 bits per heavy atom. The largest absolute Gasteiger partial charge is 0.343 e. The van der Waals surface area contributed by atoms with Crippen LogP contribution in [0.25, 0.3) is 10.6 Å². The molecule has 3 fully saturated rings. The zero-order valence-electron chi connectivity index (χ0n) is 20.4. The Balaban J connectivity index is 1.60. The maximum absolute atomic E-state index is 13.9. The first-order chi connectivity index (χ1) is 16.6. The Morgan fingerprint density at radius 3 is 2.44 bits per heavy atom. The fourth-order valence-corrected chi connectivity index (χ4v) is 8.10. The number of fused-ring (bicyclic) bond motifs is 3. The molecule has 3 aliphatic rings. The molecule has 34 heavy (non-hydrogen) atoms. The normalized spacial score (nSPS) is 30.3. The van der Waals surface area contributed by atoms with Crippen molar-refractivity contribution in [1.82, 2.24) is 20.2 Å². The third-order valence-electron chi connectivity index (χ3n) is 8.80. The van der Waals surface area contributed by atoms with E-state index in [1.165, 1.54) is 16.9 Å². The lowest BCUT2D eigenvalue weighted by Crippen LogP contribution is -2.81. The highest BCUT2D eigenvalue weighted by Gasteiger charge is 2.69. The minimum Gasteiger partial charge on any atom is -0.343 e. The van der Waals surface area contributed by atoms with E-state index in [4.69, 9.17) is 0 Å². The average molecular weight is 475 g/mol. The summed E-state index contributed by atoms with van der Waals surface area (Å²) in [4.78, 5) is 27.3. The van der Waals surface area contributed by atoms with Gasteiger partial charge in [-0.05, 0) is 86.5 Å². The van der Waals surface area contributed by atoms with Crippen molar-refractivity contribution >= 4 is 17.2 Å². The first-order valence-electron chi connectivity index (χ1n) is 12.5. The summed E-state index contributed by atoms with van der Waals surface area (Å²) in [5.41, 5.74) is 1.52. The first-order valence-corrected chi connectivity index (χ1v) is 13.4. The van der Waals surface area contributed by atoms with Crippen LogP contribution in [0.2, 0.25) is 0 Å². The fourth-order valence-electron chi connectivity index (χ4n) is 7.23. The number of amides is 1. The van der Waals surface area contributed by atoms with Gasteiger partial charge >= 0.3 is 0 Å². The molecule has 178 valence electrons. The number of aromatic nitrogens is 2. The van der Waals surface area contributed by atoms with Crippen LogP contribution in [0.15, 0.2) is 61.1 Å². The number of hydrogen-bond acceptors (Lipinski definition) is 5. The summed E-state index contributed by atoms with van der Waals surface area (Å²) in [5.74, 6) is 0.0253. The second kappa shape index (κ2) is 8.90. The molecule has 2 bridgehead atoms. The molecule has 0 aromatic carbocycles. The number of piperidine rings is 3. The molecular formula is C28H34N4OS. The topological polar surface area (TPSA) is 58.1 Å². The van der Waals surface area contributed by atoms with Crippen LogP contribution < -0.4 is 5.32 Å². The smallest absolute Gasteiger partial charge is 0.261 e. The minimum atomic E-state index is -0.380. The van der Waals surface area contributed by atoms with Crippen molar-refractivity contribution in [2.24, 2.45) is 5.41 Å². The van der Waals surface area contributed by atoms with Crippen molar-refractivity contribution in [3.8, 4) is 10.6 Å². The Hall–Kier alpha value is -2.57. The molecule has 0 spiro atoms. The summed E-state index contributed by atoms with van der Waals surface area (Å²) in [6.45, 7) is 8.98. The Kier molecular flexibility index (Phi) is 6.07. The highest BCUT2D eigenvalue weighted by atomic mass is 32.1. The van der Waals surface area contributed by atoms with E-state index in [2.05, 4.69) is 47.0 Å². The lowest BCUT2D eigenvalue weighted by Gasteiger charge is -2.71. The Labute approximate surface area is 206 Å². The van der Waals surface area contributed by atoms with Crippen LogP contribution in [0.5, 0.6) is 0 Å². The fraction of sp³-hybridized carbons (Fsp3) is 0.464. The summed E-state index contributed by atoms with van der Waals surface area (Å²) in [7, 11) is 0. The summed E-state index contributed by atoms with van der Waals surface area (Å²) >= 11 is 1.52. The molecule has 6 heteroatoms. The molecule has 6 heterocycles. The molecule has 6 rings (SSSR count). The standard InChI is InChI=1S/C28H34N4OS/c1-4-26-14-18-32(19-15-26)27(5-2,21-10-9-16-29-20-21)28(26,6-3)31-25(33)24-13-12-23(34-24)22-11-7-8-17-30-22/h7-13,16-17,20H,4-6,14-15,18-19H2,1-3H3,(H,31,33)/t27-,28+/m0/s1. The predicted molar refractivity (Wildman–Crippen MR) is 138 cm³/mol. The Morgan fingerprint density at radius 1 is 1.00 bits per heavy atom. The second-order valence-electron chi connectivity index (χ2n) is 9.67. The van der Waals surface area contributed by atoms with E-state index in [0.717, 1.165) is 60.6 Å². The summed E-state index contributed by atoms with van der Waals surface area (Å²) in [6, 6.07) is 14.1. The van der Waals surface area contributed by atoms with Crippen LogP contribution in [0.1, 0.15) is 68.1 Å². The number of thiophene rings is 1. The van der Waals surface area contributed by atoms with Gasteiger partial charge in [0.2, 0.25) is 0 Å². The molecule has 0 unspecified atom stereocenters. The van der Waals surface area contributed by atoms with Crippen LogP contribution in [0, 0.1) is 5.41 Å². The summed E-state index contributed by atoms with van der Waals surface area (Å²) in [5, 5.41) is 3.71. The zero-order chi connectivity index (χ0) is 23.8. The Bertz CT molecular complexity index is 1140. The van der Waals surface area contributed by atoms with Gasteiger partial charge < -0.3 is 5.32 Å².